The zero-order valence-electron chi connectivity index (χ0n) is 11.1. The van der Waals surface area contributed by atoms with E-state index in [-0.39, 0.29) is 5.75 Å². The number of nitrogens with zero attached hydrogens (tertiary/aromatic N) is 1. The van der Waals surface area contributed by atoms with Gasteiger partial charge < -0.3 is 10.1 Å². The summed E-state index contributed by atoms with van der Waals surface area (Å²) in [5, 5.41) is 3.17. The predicted octanol–water partition coefficient (Wildman–Crippen LogP) is 0.923. The van der Waals surface area contributed by atoms with Gasteiger partial charge >= 0.3 is 0 Å². The van der Waals surface area contributed by atoms with Crippen LogP contribution in [0, 0.1) is 6.92 Å². The lowest BCUT2D eigenvalue weighted by Gasteiger charge is -2.07. The van der Waals surface area contributed by atoms with Gasteiger partial charge in [0.15, 0.2) is 0 Å². The van der Waals surface area contributed by atoms with Crippen molar-refractivity contribution in [2.75, 3.05) is 25.7 Å². The average Bonchev–Trinajstić information content (AvgIpc) is 2.26. The summed E-state index contributed by atoms with van der Waals surface area (Å²) in [4.78, 5) is 4.37. The SMILES string of the molecule is COc1cc(C)nc(CNCCCS(C)(=O)=O)c1. The van der Waals surface area contributed by atoms with E-state index in [4.69, 9.17) is 4.74 Å². The molecule has 0 radical (unpaired) electrons. The van der Waals surface area contributed by atoms with Gasteiger partial charge in [0.25, 0.3) is 0 Å². The van der Waals surface area contributed by atoms with Crippen molar-refractivity contribution in [1.82, 2.24) is 10.3 Å². The Hall–Kier alpha value is -1.14. The molecule has 1 rings (SSSR count). The Labute approximate surface area is 108 Å². The summed E-state index contributed by atoms with van der Waals surface area (Å²) in [6.07, 6.45) is 1.86. The molecule has 0 saturated heterocycles. The molecule has 5 nitrogen and oxygen atoms in total. The maximum Gasteiger partial charge on any atom is 0.147 e. The van der Waals surface area contributed by atoms with E-state index in [0.29, 0.717) is 19.5 Å². The number of pyridine rings is 1. The lowest BCUT2D eigenvalue weighted by atomic mass is 10.3. The molecule has 0 aliphatic rings. The summed E-state index contributed by atoms with van der Waals surface area (Å²) in [6, 6.07) is 3.74. The van der Waals surface area contributed by atoms with Crippen LogP contribution < -0.4 is 10.1 Å². The first kappa shape index (κ1) is 14.9. The molecule has 0 atom stereocenters. The molecule has 0 unspecified atom stereocenters. The summed E-state index contributed by atoms with van der Waals surface area (Å²) >= 11 is 0. The minimum Gasteiger partial charge on any atom is -0.497 e. The van der Waals surface area contributed by atoms with Gasteiger partial charge in [0, 0.05) is 30.6 Å². The lowest BCUT2D eigenvalue weighted by molar-refractivity contribution is 0.412. The van der Waals surface area contributed by atoms with Crippen LogP contribution in [0.2, 0.25) is 0 Å². The van der Waals surface area contributed by atoms with Crippen LogP contribution in [0.3, 0.4) is 0 Å². The Morgan fingerprint density at radius 3 is 2.72 bits per heavy atom. The molecule has 1 aromatic rings. The molecular weight excluding hydrogens is 252 g/mol. The molecule has 1 N–H and O–H groups in total. The summed E-state index contributed by atoms with van der Waals surface area (Å²) < 4.78 is 27.0. The van der Waals surface area contributed by atoms with E-state index in [2.05, 4.69) is 10.3 Å². The molecule has 0 aromatic carbocycles. The van der Waals surface area contributed by atoms with Gasteiger partial charge in [-0.15, -0.1) is 0 Å². The molecule has 102 valence electrons. The van der Waals surface area contributed by atoms with Gasteiger partial charge in [0.1, 0.15) is 15.6 Å². The van der Waals surface area contributed by atoms with Gasteiger partial charge in [0.05, 0.1) is 18.6 Å². The van der Waals surface area contributed by atoms with Crippen LogP contribution in [0.25, 0.3) is 0 Å². The van der Waals surface area contributed by atoms with Gasteiger partial charge in [-0.1, -0.05) is 0 Å². The quantitative estimate of drug-likeness (QED) is 0.748. The molecule has 1 aromatic heterocycles. The first-order valence-electron chi connectivity index (χ1n) is 5.81. The summed E-state index contributed by atoms with van der Waals surface area (Å²) in [6.45, 7) is 3.18. The van der Waals surface area contributed by atoms with Crippen LogP contribution in [-0.2, 0) is 16.4 Å². The van der Waals surface area contributed by atoms with Crippen LogP contribution in [-0.4, -0.2) is 39.1 Å². The Morgan fingerprint density at radius 1 is 1.39 bits per heavy atom. The predicted molar refractivity (Wildman–Crippen MR) is 71.6 cm³/mol. The van der Waals surface area contributed by atoms with Crippen molar-refractivity contribution in [1.29, 1.82) is 0 Å². The largest absolute Gasteiger partial charge is 0.497 e. The molecule has 0 amide bonds. The maximum absolute atomic E-state index is 10.9. The van der Waals surface area contributed by atoms with Gasteiger partial charge in [-0.25, -0.2) is 8.42 Å². The van der Waals surface area contributed by atoms with Crippen LogP contribution in [0.15, 0.2) is 12.1 Å². The Kier molecular flexibility index (Phi) is 5.55. The molecule has 0 saturated carbocycles. The average molecular weight is 272 g/mol. The Balaban J connectivity index is 2.37. The van der Waals surface area contributed by atoms with E-state index in [1.807, 2.05) is 19.1 Å². The van der Waals surface area contributed by atoms with Crippen molar-refractivity contribution in [3.8, 4) is 5.75 Å². The van der Waals surface area contributed by atoms with E-state index in [9.17, 15) is 8.42 Å². The molecule has 6 heteroatoms. The number of ether oxygens (including phenoxy) is 1. The minimum atomic E-state index is -2.86. The number of hydrogen-bond acceptors (Lipinski definition) is 5. The molecule has 0 fully saturated rings. The highest BCUT2D eigenvalue weighted by Gasteiger charge is 2.02. The van der Waals surface area contributed by atoms with E-state index in [0.717, 1.165) is 17.1 Å². The fourth-order valence-corrected chi connectivity index (χ4v) is 2.26. The van der Waals surface area contributed by atoms with Crippen molar-refractivity contribution in [3.63, 3.8) is 0 Å². The van der Waals surface area contributed by atoms with E-state index >= 15 is 0 Å². The van der Waals surface area contributed by atoms with Crippen molar-refractivity contribution >= 4 is 9.84 Å². The number of hydrogen-bond donors (Lipinski definition) is 1. The highest BCUT2D eigenvalue weighted by atomic mass is 32.2. The smallest absolute Gasteiger partial charge is 0.147 e. The number of aromatic nitrogens is 1. The normalized spacial score (nSPS) is 11.5. The van der Waals surface area contributed by atoms with Crippen molar-refractivity contribution < 1.29 is 13.2 Å². The van der Waals surface area contributed by atoms with Gasteiger partial charge in [0.2, 0.25) is 0 Å². The topological polar surface area (TPSA) is 68.3 Å². The summed E-state index contributed by atoms with van der Waals surface area (Å²) in [5.74, 6) is 1.00. The Morgan fingerprint density at radius 2 is 2.11 bits per heavy atom. The van der Waals surface area contributed by atoms with Crippen LogP contribution in [0.4, 0.5) is 0 Å². The van der Waals surface area contributed by atoms with Crippen LogP contribution in [0.5, 0.6) is 5.75 Å². The van der Waals surface area contributed by atoms with Crippen molar-refractivity contribution in [2.45, 2.75) is 19.9 Å². The van der Waals surface area contributed by atoms with Gasteiger partial charge in [-0.3, -0.25) is 4.98 Å². The molecule has 0 aliphatic carbocycles. The molecule has 0 bridgehead atoms. The van der Waals surface area contributed by atoms with E-state index < -0.39 is 9.84 Å². The fraction of sp³-hybridized carbons (Fsp3) is 0.583. The van der Waals surface area contributed by atoms with Gasteiger partial charge in [-0.2, -0.15) is 0 Å². The fourth-order valence-electron chi connectivity index (χ4n) is 1.59. The zero-order valence-corrected chi connectivity index (χ0v) is 11.9. The van der Waals surface area contributed by atoms with E-state index in [1.54, 1.807) is 7.11 Å². The van der Waals surface area contributed by atoms with Crippen molar-refractivity contribution in [2.24, 2.45) is 0 Å². The van der Waals surface area contributed by atoms with Crippen molar-refractivity contribution in [3.05, 3.63) is 23.5 Å². The van der Waals surface area contributed by atoms with Gasteiger partial charge in [-0.05, 0) is 19.9 Å². The molecule has 0 aliphatic heterocycles. The zero-order chi connectivity index (χ0) is 13.6. The van der Waals surface area contributed by atoms with Crippen LogP contribution >= 0.6 is 0 Å². The molecule has 0 spiro atoms. The van der Waals surface area contributed by atoms with Crippen LogP contribution in [0.1, 0.15) is 17.8 Å². The second-order valence-corrected chi connectivity index (χ2v) is 6.56. The third-order valence-corrected chi connectivity index (χ3v) is 3.42. The number of sulfone groups is 1. The third kappa shape index (κ3) is 5.97. The standard InChI is InChI=1S/C12H20N2O3S/c1-10-7-12(17-2)8-11(14-10)9-13-5-4-6-18(3,15)16/h7-8,13H,4-6,9H2,1-3H3. The minimum absolute atomic E-state index is 0.213. The number of nitrogens with one attached hydrogen (secondary N) is 1. The maximum atomic E-state index is 10.9. The monoisotopic (exact) mass is 272 g/mol. The molecule has 1 heterocycles. The summed E-state index contributed by atoms with van der Waals surface area (Å²) in [5.41, 5.74) is 1.80. The number of aryl methyl sites for hydroxylation is 1. The first-order chi connectivity index (χ1) is 8.40. The second kappa shape index (κ2) is 6.70. The highest BCUT2D eigenvalue weighted by Crippen LogP contribution is 2.12. The second-order valence-electron chi connectivity index (χ2n) is 4.30. The highest BCUT2D eigenvalue weighted by molar-refractivity contribution is 7.90. The molecule has 18 heavy (non-hydrogen) atoms. The molecular formula is C12H20N2O3S. The lowest BCUT2D eigenvalue weighted by Crippen LogP contribution is -2.18. The summed E-state index contributed by atoms with van der Waals surface area (Å²) in [7, 11) is -1.24. The third-order valence-electron chi connectivity index (χ3n) is 2.39. The number of methoxy groups -OCH3 is 1. The first-order valence-corrected chi connectivity index (χ1v) is 7.87. The Bertz CT molecular complexity index is 486. The number of rotatable bonds is 7. The van der Waals surface area contributed by atoms with E-state index in [1.165, 1.54) is 6.26 Å².